The van der Waals surface area contributed by atoms with E-state index in [1.165, 1.54) is 0 Å². The number of nitrogens with two attached hydrogens (primary N) is 1. The molecule has 2 amide bonds. The zero-order chi connectivity index (χ0) is 15.2. The molecule has 5 nitrogen and oxygen atoms in total. The Kier molecular flexibility index (Phi) is 5.59. The molecule has 0 bridgehead atoms. The second kappa shape index (κ2) is 7.43. The average Bonchev–Trinajstić information content (AvgIpc) is 2.71. The molecule has 1 fully saturated rings. The molecule has 2 N–H and O–H groups in total. The van der Waals surface area contributed by atoms with Crippen LogP contribution >= 0.6 is 11.6 Å². The maximum absolute atomic E-state index is 12.5. The van der Waals surface area contributed by atoms with Crippen molar-refractivity contribution >= 4 is 23.4 Å². The lowest BCUT2D eigenvalue weighted by Gasteiger charge is -2.21. The number of primary amides is 1. The second-order valence-corrected chi connectivity index (χ2v) is 5.49. The lowest BCUT2D eigenvalue weighted by atomic mass is 10.1. The molecule has 1 aliphatic heterocycles. The Balaban J connectivity index is 1.97. The minimum absolute atomic E-state index is 0.0250. The van der Waals surface area contributed by atoms with Gasteiger partial charge in [0.1, 0.15) is 0 Å². The van der Waals surface area contributed by atoms with Crippen molar-refractivity contribution < 1.29 is 9.59 Å². The molecule has 1 saturated heterocycles. The fraction of sp³-hybridized carbons (Fsp3) is 0.467. The largest absolute Gasteiger partial charge is 0.369 e. The van der Waals surface area contributed by atoms with E-state index in [4.69, 9.17) is 17.3 Å². The topological polar surface area (TPSA) is 66.6 Å². The van der Waals surface area contributed by atoms with Crippen LogP contribution in [0.2, 0.25) is 0 Å². The van der Waals surface area contributed by atoms with Crippen molar-refractivity contribution in [2.45, 2.75) is 12.3 Å². The first-order chi connectivity index (χ1) is 10.1. The van der Waals surface area contributed by atoms with Crippen LogP contribution in [0.5, 0.6) is 0 Å². The fourth-order valence-electron chi connectivity index (χ4n) is 2.47. The first-order valence-corrected chi connectivity index (χ1v) is 7.58. The minimum Gasteiger partial charge on any atom is -0.369 e. The Morgan fingerprint density at radius 2 is 1.81 bits per heavy atom. The molecule has 0 radical (unpaired) electrons. The number of carbonyl (C=O) groups excluding carboxylic acids is 2. The van der Waals surface area contributed by atoms with E-state index in [-0.39, 0.29) is 18.4 Å². The average molecular weight is 310 g/mol. The summed E-state index contributed by atoms with van der Waals surface area (Å²) in [6, 6.07) is 7.37. The third-order valence-corrected chi connectivity index (χ3v) is 3.92. The van der Waals surface area contributed by atoms with Crippen LogP contribution in [0.15, 0.2) is 24.3 Å². The highest BCUT2D eigenvalue weighted by Crippen LogP contribution is 2.11. The molecule has 0 aliphatic carbocycles. The Labute approximate surface area is 129 Å². The summed E-state index contributed by atoms with van der Waals surface area (Å²) < 4.78 is 0. The highest BCUT2D eigenvalue weighted by molar-refractivity contribution is 6.17. The maximum atomic E-state index is 12.5. The van der Waals surface area contributed by atoms with E-state index in [9.17, 15) is 9.59 Å². The van der Waals surface area contributed by atoms with Crippen LogP contribution < -0.4 is 5.73 Å². The lowest BCUT2D eigenvalue weighted by Crippen LogP contribution is -2.38. The van der Waals surface area contributed by atoms with Gasteiger partial charge in [-0.25, -0.2) is 0 Å². The Hall–Kier alpha value is -1.59. The van der Waals surface area contributed by atoms with Crippen molar-refractivity contribution in [3.8, 4) is 0 Å². The SMILES string of the molecule is NC(=O)CN1CCCN(C(=O)c2ccc(CCl)cc2)CC1. The molecule has 0 saturated carbocycles. The van der Waals surface area contributed by atoms with Gasteiger partial charge in [-0.05, 0) is 24.1 Å². The summed E-state index contributed by atoms with van der Waals surface area (Å²) in [5.74, 6) is 0.142. The van der Waals surface area contributed by atoms with E-state index in [1.54, 1.807) is 0 Å². The van der Waals surface area contributed by atoms with Crippen molar-refractivity contribution in [2.24, 2.45) is 5.73 Å². The molecule has 0 unspecified atom stereocenters. The van der Waals surface area contributed by atoms with Crippen LogP contribution in [-0.2, 0) is 10.7 Å². The van der Waals surface area contributed by atoms with Gasteiger partial charge in [-0.1, -0.05) is 12.1 Å². The molecule has 1 heterocycles. The van der Waals surface area contributed by atoms with Gasteiger partial charge in [-0.15, -0.1) is 11.6 Å². The van der Waals surface area contributed by atoms with Crippen LogP contribution in [0.1, 0.15) is 22.3 Å². The predicted octanol–water partition coefficient (Wildman–Crippen LogP) is 1.06. The van der Waals surface area contributed by atoms with E-state index in [2.05, 4.69) is 0 Å². The molecule has 2 rings (SSSR count). The molecular weight excluding hydrogens is 290 g/mol. The number of rotatable bonds is 4. The minimum atomic E-state index is -0.327. The summed E-state index contributed by atoms with van der Waals surface area (Å²) in [7, 11) is 0. The van der Waals surface area contributed by atoms with Crippen molar-refractivity contribution in [2.75, 3.05) is 32.7 Å². The van der Waals surface area contributed by atoms with Crippen molar-refractivity contribution in [1.82, 2.24) is 9.80 Å². The normalized spacial score (nSPS) is 16.5. The lowest BCUT2D eigenvalue weighted by molar-refractivity contribution is -0.119. The van der Waals surface area contributed by atoms with Gasteiger partial charge in [0.15, 0.2) is 0 Å². The van der Waals surface area contributed by atoms with Gasteiger partial charge in [-0.2, -0.15) is 0 Å². The van der Waals surface area contributed by atoms with Gasteiger partial charge >= 0.3 is 0 Å². The summed E-state index contributed by atoms with van der Waals surface area (Å²) in [4.78, 5) is 27.3. The molecule has 1 aromatic rings. The van der Waals surface area contributed by atoms with Gasteiger partial charge < -0.3 is 10.6 Å². The van der Waals surface area contributed by atoms with E-state index >= 15 is 0 Å². The standard InChI is InChI=1S/C15H20ClN3O2/c16-10-12-2-4-13(5-3-12)15(21)19-7-1-6-18(8-9-19)11-14(17)20/h2-5H,1,6-11H2,(H2,17,20). The van der Waals surface area contributed by atoms with E-state index < -0.39 is 0 Å². The summed E-state index contributed by atoms with van der Waals surface area (Å²) in [5, 5.41) is 0. The summed E-state index contributed by atoms with van der Waals surface area (Å²) in [5.41, 5.74) is 6.89. The van der Waals surface area contributed by atoms with E-state index in [0.29, 0.717) is 31.1 Å². The molecule has 0 spiro atoms. The number of benzene rings is 1. The number of halogens is 1. The third kappa shape index (κ3) is 4.44. The summed E-state index contributed by atoms with van der Waals surface area (Å²) in [6.07, 6.45) is 0.846. The number of alkyl halides is 1. The van der Waals surface area contributed by atoms with Gasteiger partial charge in [0.05, 0.1) is 6.54 Å². The fourth-order valence-corrected chi connectivity index (χ4v) is 2.65. The molecule has 6 heteroatoms. The molecule has 1 aliphatic rings. The zero-order valence-corrected chi connectivity index (χ0v) is 12.7. The van der Waals surface area contributed by atoms with Gasteiger partial charge in [0.25, 0.3) is 5.91 Å². The van der Waals surface area contributed by atoms with Crippen LogP contribution in [0.3, 0.4) is 0 Å². The quantitative estimate of drug-likeness (QED) is 0.846. The zero-order valence-electron chi connectivity index (χ0n) is 11.9. The molecule has 21 heavy (non-hydrogen) atoms. The van der Waals surface area contributed by atoms with Gasteiger partial charge in [-0.3, -0.25) is 14.5 Å². The molecule has 1 aromatic carbocycles. The Morgan fingerprint density at radius 3 is 2.43 bits per heavy atom. The first kappa shape index (κ1) is 15.8. The molecular formula is C15H20ClN3O2. The van der Waals surface area contributed by atoms with Gasteiger partial charge in [0, 0.05) is 37.6 Å². The molecule has 114 valence electrons. The molecule has 0 aromatic heterocycles. The molecule has 0 atom stereocenters. The van der Waals surface area contributed by atoms with Crippen LogP contribution in [0.25, 0.3) is 0 Å². The number of hydrogen-bond donors (Lipinski definition) is 1. The Bertz CT molecular complexity index is 504. The third-order valence-electron chi connectivity index (χ3n) is 3.61. The van der Waals surface area contributed by atoms with Gasteiger partial charge in [0.2, 0.25) is 5.91 Å². The van der Waals surface area contributed by atoms with Crippen molar-refractivity contribution in [3.63, 3.8) is 0 Å². The first-order valence-electron chi connectivity index (χ1n) is 7.05. The Morgan fingerprint density at radius 1 is 1.10 bits per heavy atom. The van der Waals surface area contributed by atoms with Crippen molar-refractivity contribution in [3.05, 3.63) is 35.4 Å². The number of hydrogen-bond acceptors (Lipinski definition) is 3. The maximum Gasteiger partial charge on any atom is 0.253 e. The van der Waals surface area contributed by atoms with Crippen LogP contribution in [-0.4, -0.2) is 54.3 Å². The highest BCUT2D eigenvalue weighted by atomic mass is 35.5. The summed E-state index contributed by atoms with van der Waals surface area (Å²) in [6.45, 7) is 3.04. The predicted molar refractivity (Wildman–Crippen MR) is 82.2 cm³/mol. The van der Waals surface area contributed by atoms with Crippen LogP contribution in [0, 0.1) is 0 Å². The second-order valence-electron chi connectivity index (χ2n) is 5.22. The smallest absolute Gasteiger partial charge is 0.253 e. The summed E-state index contributed by atoms with van der Waals surface area (Å²) >= 11 is 5.75. The number of amides is 2. The number of nitrogens with zero attached hydrogens (tertiary/aromatic N) is 2. The van der Waals surface area contributed by atoms with E-state index in [0.717, 1.165) is 18.5 Å². The highest BCUT2D eigenvalue weighted by Gasteiger charge is 2.20. The van der Waals surface area contributed by atoms with E-state index in [1.807, 2.05) is 34.1 Å². The van der Waals surface area contributed by atoms with Crippen LogP contribution in [0.4, 0.5) is 0 Å². The monoisotopic (exact) mass is 309 g/mol. The number of carbonyl (C=O) groups is 2. The van der Waals surface area contributed by atoms with Crippen molar-refractivity contribution in [1.29, 1.82) is 0 Å².